The van der Waals surface area contributed by atoms with Crippen molar-refractivity contribution in [3.05, 3.63) is 53.3 Å². The number of H-pyrrole nitrogens is 1. The molecule has 18 heavy (non-hydrogen) atoms. The van der Waals surface area contributed by atoms with Gasteiger partial charge in [0.1, 0.15) is 0 Å². The summed E-state index contributed by atoms with van der Waals surface area (Å²) in [6, 6.07) is 11.4. The summed E-state index contributed by atoms with van der Waals surface area (Å²) in [5, 5.41) is 10.5. The average molecular weight is 243 g/mol. The molecule has 3 heteroatoms. The predicted octanol–water partition coefficient (Wildman–Crippen LogP) is 3.38. The SMILES string of the molecule is CCc1ccc(C(C)NC(C)c2ccn[nH]2)cc1. The van der Waals surface area contributed by atoms with E-state index in [1.165, 1.54) is 11.1 Å². The monoisotopic (exact) mass is 243 g/mol. The lowest BCUT2D eigenvalue weighted by Crippen LogP contribution is -2.22. The predicted molar refractivity (Wildman–Crippen MR) is 74.4 cm³/mol. The summed E-state index contributed by atoms with van der Waals surface area (Å²) in [5.41, 5.74) is 3.82. The molecule has 3 nitrogen and oxygen atoms in total. The third-order valence-electron chi connectivity index (χ3n) is 3.38. The maximum atomic E-state index is 3.98. The molecule has 0 aliphatic heterocycles. The van der Waals surface area contributed by atoms with Crippen molar-refractivity contribution >= 4 is 0 Å². The van der Waals surface area contributed by atoms with Gasteiger partial charge < -0.3 is 5.32 Å². The fraction of sp³-hybridized carbons (Fsp3) is 0.400. The Balaban J connectivity index is 2.00. The van der Waals surface area contributed by atoms with Gasteiger partial charge in [0.25, 0.3) is 0 Å². The Labute approximate surface area is 109 Å². The Morgan fingerprint density at radius 2 is 1.83 bits per heavy atom. The highest BCUT2D eigenvalue weighted by atomic mass is 15.1. The van der Waals surface area contributed by atoms with E-state index in [1.807, 2.05) is 6.07 Å². The van der Waals surface area contributed by atoms with Gasteiger partial charge in [0, 0.05) is 18.3 Å². The van der Waals surface area contributed by atoms with Crippen LogP contribution in [0.25, 0.3) is 0 Å². The Kier molecular flexibility index (Phi) is 4.15. The summed E-state index contributed by atoms with van der Waals surface area (Å²) >= 11 is 0. The molecule has 2 unspecified atom stereocenters. The molecule has 2 rings (SSSR count). The molecular weight excluding hydrogens is 222 g/mol. The minimum absolute atomic E-state index is 0.272. The van der Waals surface area contributed by atoms with Gasteiger partial charge in [-0.1, -0.05) is 31.2 Å². The number of hydrogen-bond acceptors (Lipinski definition) is 2. The molecule has 96 valence electrons. The summed E-state index contributed by atoms with van der Waals surface area (Å²) in [6.45, 7) is 6.51. The molecule has 1 aromatic heterocycles. The summed E-state index contributed by atoms with van der Waals surface area (Å²) in [7, 11) is 0. The molecule has 0 saturated heterocycles. The maximum absolute atomic E-state index is 3.98. The summed E-state index contributed by atoms with van der Waals surface area (Å²) in [6.07, 6.45) is 2.88. The Hall–Kier alpha value is -1.61. The van der Waals surface area contributed by atoms with Crippen LogP contribution in [0.3, 0.4) is 0 Å². The van der Waals surface area contributed by atoms with Crippen LogP contribution in [0.2, 0.25) is 0 Å². The smallest absolute Gasteiger partial charge is 0.0518 e. The van der Waals surface area contributed by atoms with Gasteiger partial charge in [-0.25, -0.2) is 0 Å². The Bertz CT molecular complexity index is 459. The molecule has 2 aromatic rings. The number of aromatic amines is 1. The van der Waals surface area contributed by atoms with Crippen molar-refractivity contribution in [2.24, 2.45) is 0 Å². The minimum Gasteiger partial charge on any atom is -0.302 e. The van der Waals surface area contributed by atoms with Crippen molar-refractivity contribution in [1.82, 2.24) is 15.5 Å². The van der Waals surface area contributed by atoms with Gasteiger partial charge in [-0.05, 0) is 37.5 Å². The average Bonchev–Trinajstić information content (AvgIpc) is 2.92. The van der Waals surface area contributed by atoms with Crippen molar-refractivity contribution in [1.29, 1.82) is 0 Å². The third-order valence-corrected chi connectivity index (χ3v) is 3.38. The van der Waals surface area contributed by atoms with E-state index in [0.717, 1.165) is 12.1 Å². The van der Waals surface area contributed by atoms with Crippen molar-refractivity contribution in [2.45, 2.75) is 39.3 Å². The van der Waals surface area contributed by atoms with E-state index in [0.29, 0.717) is 6.04 Å². The normalized spacial score (nSPS) is 14.4. The zero-order chi connectivity index (χ0) is 13.0. The van der Waals surface area contributed by atoms with Gasteiger partial charge in [-0.3, -0.25) is 5.10 Å². The lowest BCUT2D eigenvalue weighted by molar-refractivity contribution is 0.485. The van der Waals surface area contributed by atoms with Crippen molar-refractivity contribution < 1.29 is 0 Å². The molecule has 1 aromatic carbocycles. The van der Waals surface area contributed by atoms with Gasteiger partial charge in [-0.15, -0.1) is 0 Å². The van der Waals surface area contributed by atoms with E-state index in [9.17, 15) is 0 Å². The van der Waals surface area contributed by atoms with Gasteiger partial charge in [-0.2, -0.15) is 5.10 Å². The van der Waals surface area contributed by atoms with E-state index in [2.05, 4.69) is 60.6 Å². The molecule has 0 amide bonds. The molecule has 0 saturated carbocycles. The highest BCUT2D eigenvalue weighted by molar-refractivity contribution is 5.25. The van der Waals surface area contributed by atoms with Crippen LogP contribution in [0.15, 0.2) is 36.5 Å². The number of aromatic nitrogens is 2. The number of aryl methyl sites for hydroxylation is 1. The van der Waals surface area contributed by atoms with Crippen LogP contribution in [0.1, 0.15) is 49.7 Å². The highest BCUT2D eigenvalue weighted by Crippen LogP contribution is 2.18. The number of hydrogen-bond donors (Lipinski definition) is 2. The fourth-order valence-electron chi connectivity index (χ4n) is 2.11. The first-order valence-corrected chi connectivity index (χ1v) is 6.55. The molecule has 0 bridgehead atoms. The van der Waals surface area contributed by atoms with Crippen LogP contribution >= 0.6 is 0 Å². The first-order chi connectivity index (χ1) is 8.70. The minimum atomic E-state index is 0.272. The second-order valence-corrected chi connectivity index (χ2v) is 4.72. The van der Waals surface area contributed by atoms with Gasteiger partial charge >= 0.3 is 0 Å². The Morgan fingerprint density at radius 3 is 2.39 bits per heavy atom. The summed E-state index contributed by atoms with van der Waals surface area (Å²) in [5.74, 6) is 0. The highest BCUT2D eigenvalue weighted by Gasteiger charge is 2.11. The van der Waals surface area contributed by atoms with Crippen LogP contribution in [0, 0.1) is 0 Å². The van der Waals surface area contributed by atoms with Crippen molar-refractivity contribution in [2.75, 3.05) is 0 Å². The number of nitrogens with zero attached hydrogens (tertiary/aromatic N) is 1. The van der Waals surface area contributed by atoms with E-state index >= 15 is 0 Å². The molecule has 2 atom stereocenters. The zero-order valence-electron chi connectivity index (χ0n) is 11.3. The standard InChI is InChI=1S/C15H21N3/c1-4-13-5-7-14(8-6-13)11(2)17-12(3)15-9-10-16-18-15/h5-12,17H,4H2,1-3H3,(H,16,18). The van der Waals surface area contributed by atoms with Gasteiger partial charge in [0.15, 0.2) is 0 Å². The number of nitrogens with one attached hydrogen (secondary N) is 2. The van der Waals surface area contributed by atoms with E-state index < -0.39 is 0 Å². The second kappa shape index (κ2) is 5.83. The van der Waals surface area contributed by atoms with Crippen LogP contribution in [-0.4, -0.2) is 10.2 Å². The first kappa shape index (κ1) is 12.8. The van der Waals surface area contributed by atoms with Crippen LogP contribution in [0.5, 0.6) is 0 Å². The summed E-state index contributed by atoms with van der Waals surface area (Å²) in [4.78, 5) is 0. The fourth-order valence-corrected chi connectivity index (χ4v) is 2.11. The maximum Gasteiger partial charge on any atom is 0.0518 e. The molecular formula is C15H21N3. The number of benzene rings is 1. The first-order valence-electron chi connectivity index (χ1n) is 6.55. The third kappa shape index (κ3) is 2.99. The second-order valence-electron chi connectivity index (χ2n) is 4.72. The molecule has 0 aliphatic carbocycles. The molecule has 1 heterocycles. The lowest BCUT2D eigenvalue weighted by atomic mass is 10.0. The van der Waals surface area contributed by atoms with Crippen LogP contribution in [-0.2, 0) is 6.42 Å². The molecule has 2 N–H and O–H groups in total. The van der Waals surface area contributed by atoms with Crippen LogP contribution in [0.4, 0.5) is 0 Å². The van der Waals surface area contributed by atoms with Gasteiger partial charge in [0.05, 0.1) is 5.69 Å². The zero-order valence-corrected chi connectivity index (χ0v) is 11.3. The lowest BCUT2D eigenvalue weighted by Gasteiger charge is -2.19. The molecule has 0 aliphatic rings. The van der Waals surface area contributed by atoms with Crippen LogP contribution < -0.4 is 5.32 Å². The topological polar surface area (TPSA) is 40.7 Å². The Morgan fingerprint density at radius 1 is 1.11 bits per heavy atom. The largest absolute Gasteiger partial charge is 0.302 e. The van der Waals surface area contributed by atoms with E-state index in [4.69, 9.17) is 0 Å². The molecule has 0 spiro atoms. The van der Waals surface area contributed by atoms with E-state index in [-0.39, 0.29) is 6.04 Å². The summed E-state index contributed by atoms with van der Waals surface area (Å²) < 4.78 is 0. The number of rotatable bonds is 5. The molecule has 0 fully saturated rings. The van der Waals surface area contributed by atoms with E-state index in [1.54, 1.807) is 6.20 Å². The molecule has 0 radical (unpaired) electrons. The van der Waals surface area contributed by atoms with Gasteiger partial charge in [0.2, 0.25) is 0 Å². The van der Waals surface area contributed by atoms with Crippen molar-refractivity contribution in [3.8, 4) is 0 Å². The quantitative estimate of drug-likeness (QED) is 0.845. The van der Waals surface area contributed by atoms with Crippen molar-refractivity contribution in [3.63, 3.8) is 0 Å².